The zero-order chi connectivity index (χ0) is 21.8. The molecule has 0 unspecified atom stereocenters. The lowest BCUT2D eigenvalue weighted by molar-refractivity contribution is 0.249. The molecule has 7 nitrogen and oxygen atoms in total. The summed E-state index contributed by atoms with van der Waals surface area (Å²) in [5.41, 5.74) is 8.37. The van der Waals surface area contributed by atoms with Crippen LogP contribution in [0.25, 0.3) is 5.52 Å². The van der Waals surface area contributed by atoms with E-state index in [4.69, 9.17) is 28.9 Å². The number of rotatable bonds is 7. The molecule has 1 aliphatic heterocycles. The van der Waals surface area contributed by atoms with Gasteiger partial charge in [-0.15, -0.1) is 0 Å². The molecule has 1 fully saturated rings. The third kappa shape index (κ3) is 5.06. The molecule has 2 aromatic heterocycles. The number of halogens is 2. The predicted octanol–water partition coefficient (Wildman–Crippen LogP) is 4.13. The number of pyridine rings is 1. The zero-order valence-electron chi connectivity index (χ0n) is 17.3. The van der Waals surface area contributed by atoms with E-state index in [-0.39, 0.29) is 0 Å². The average molecular weight is 461 g/mol. The fourth-order valence-corrected chi connectivity index (χ4v) is 4.41. The van der Waals surface area contributed by atoms with Gasteiger partial charge < -0.3 is 10.6 Å². The number of carbonyl (C=O) groups excluding carboxylic acids is 1. The Kier molecular flexibility index (Phi) is 6.85. The van der Waals surface area contributed by atoms with E-state index in [9.17, 15) is 4.79 Å². The minimum absolute atomic E-state index is 0.434. The smallest absolute Gasteiger partial charge is 0.319 e. The molecule has 1 aromatic carbocycles. The number of benzene rings is 1. The number of nitrogens with two attached hydrogens (primary N) is 1. The van der Waals surface area contributed by atoms with Gasteiger partial charge in [0.2, 0.25) is 0 Å². The van der Waals surface area contributed by atoms with Crippen molar-refractivity contribution in [1.82, 2.24) is 14.5 Å². The lowest BCUT2D eigenvalue weighted by Gasteiger charge is -2.36. The van der Waals surface area contributed by atoms with Gasteiger partial charge in [-0.25, -0.2) is 9.31 Å². The van der Waals surface area contributed by atoms with Gasteiger partial charge in [-0.3, -0.25) is 9.80 Å². The summed E-state index contributed by atoms with van der Waals surface area (Å²) in [6.45, 7) is 5.36. The first-order valence-corrected chi connectivity index (χ1v) is 11.2. The Labute approximate surface area is 191 Å². The van der Waals surface area contributed by atoms with E-state index >= 15 is 0 Å². The topological polar surface area (TPSA) is 70.1 Å². The maximum atomic E-state index is 12.0. The summed E-state index contributed by atoms with van der Waals surface area (Å²) in [6, 6.07) is 11.0. The highest BCUT2D eigenvalue weighted by Crippen LogP contribution is 2.32. The van der Waals surface area contributed by atoms with Crippen LogP contribution in [-0.4, -0.2) is 59.8 Å². The van der Waals surface area contributed by atoms with Crippen LogP contribution in [0.1, 0.15) is 12.8 Å². The van der Waals surface area contributed by atoms with E-state index in [1.165, 1.54) is 0 Å². The monoisotopic (exact) mass is 460 g/mol. The summed E-state index contributed by atoms with van der Waals surface area (Å²) in [7, 11) is 0. The van der Waals surface area contributed by atoms with E-state index < -0.39 is 6.03 Å². The standard InChI is InChI=1S/C22H26Cl2N6O/c23-19-4-3-5-20(21(19)24)28-14-12-27(13-15-28)9-1-2-10-29(22(25)31)17-7-11-30-18(16-17)6-8-26-30/h3-8,11,16H,1-2,9-10,12-15H2,(H2,25,31). The Hall–Kier alpha value is -2.48. The second-order valence-electron chi connectivity index (χ2n) is 7.68. The van der Waals surface area contributed by atoms with Crippen LogP contribution < -0.4 is 15.5 Å². The Morgan fingerprint density at radius 1 is 1.10 bits per heavy atom. The third-order valence-corrected chi connectivity index (χ3v) is 6.52. The highest BCUT2D eigenvalue weighted by Gasteiger charge is 2.20. The zero-order valence-corrected chi connectivity index (χ0v) is 18.8. The van der Waals surface area contributed by atoms with Gasteiger partial charge in [0, 0.05) is 50.8 Å². The molecule has 1 saturated heterocycles. The third-order valence-electron chi connectivity index (χ3n) is 5.71. The number of amides is 2. The lowest BCUT2D eigenvalue weighted by Crippen LogP contribution is -2.46. The summed E-state index contributed by atoms with van der Waals surface area (Å²) in [4.78, 5) is 18.3. The van der Waals surface area contributed by atoms with Crippen LogP contribution >= 0.6 is 23.2 Å². The number of hydrogen-bond acceptors (Lipinski definition) is 4. The van der Waals surface area contributed by atoms with Crippen LogP contribution in [0.3, 0.4) is 0 Å². The number of nitrogens with zero attached hydrogens (tertiary/aromatic N) is 5. The number of carbonyl (C=O) groups is 1. The SMILES string of the molecule is NC(=O)N(CCCCN1CCN(c2cccc(Cl)c2Cl)CC1)c1ccn2nccc2c1. The number of urea groups is 1. The van der Waals surface area contributed by atoms with Crippen molar-refractivity contribution in [2.45, 2.75) is 12.8 Å². The number of aromatic nitrogens is 2. The quantitative estimate of drug-likeness (QED) is 0.538. The Bertz CT molecular complexity index is 1050. The Morgan fingerprint density at radius 3 is 2.68 bits per heavy atom. The van der Waals surface area contributed by atoms with Crippen LogP contribution in [0.4, 0.5) is 16.2 Å². The van der Waals surface area contributed by atoms with Crippen molar-refractivity contribution in [2.24, 2.45) is 5.73 Å². The molecule has 0 atom stereocenters. The van der Waals surface area contributed by atoms with Gasteiger partial charge in [0.1, 0.15) is 0 Å². The number of anilines is 2. The van der Waals surface area contributed by atoms with E-state index in [1.807, 2.05) is 42.6 Å². The molecule has 0 saturated carbocycles. The maximum Gasteiger partial charge on any atom is 0.319 e. The van der Waals surface area contributed by atoms with Crippen molar-refractivity contribution in [3.8, 4) is 0 Å². The molecule has 164 valence electrons. The largest absolute Gasteiger partial charge is 0.368 e. The van der Waals surface area contributed by atoms with Crippen LogP contribution in [-0.2, 0) is 0 Å². The van der Waals surface area contributed by atoms with E-state index in [0.717, 1.165) is 62.5 Å². The first-order valence-electron chi connectivity index (χ1n) is 10.4. The fraction of sp³-hybridized carbons (Fsp3) is 0.364. The van der Waals surface area contributed by atoms with Crippen LogP contribution in [0.5, 0.6) is 0 Å². The second-order valence-corrected chi connectivity index (χ2v) is 8.47. The molecule has 4 rings (SSSR count). The fourth-order valence-electron chi connectivity index (χ4n) is 4.00. The van der Waals surface area contributed by atoms with Gasteiger partial charge in [0.25, 0.3) is 0 Å². The normalized spacial score (nSPS) is 14.8. The minimum Gasteiger partial charge on any atom is -0.368 e. The molecule has 2 N–H and O–H groups in total. The molecule has 2 amide bonds. The van der Waals surface area contributed by atoms with Gasteiger partial charge in [-0.2, -0.15) is 5.10 Å². The van der Waals surface area contributed by atoms with Crippen molar-refractivity contribution in [1.29, 1.82) is 0 Å². The van der Waals surface area contributed by atoms with Gasteiger partial charge in [0.05, 0.1) is 21.2 Å². The molecule has 3 aromatic rings. The van der Waals surface area contributed by atoms with Gasteiger partial charge in [-0.1, -0.05) is 29.3 Å². The number of primary amides is 1. The summed E-state index contributed by atoms with van der Waals surface area (Å²) < 4.78 is 1.76. The van der Waals surface area contributed by atoms with Gasteiger partial charge in [0.15, 0.2) is 0 Å². The first-order chi connectivity index (χ1) is 15.0. The van der Waals surface area contributed by atoms with Crippen LogP contribution in [0.15, 0.2) is 48.8 Å². The summed E-state index contributed by atoms with van der Waals surface area (Å²) >= 11 is 12.5. The highest BCUT2D eigenvalue weighted by atomic mass is 35.5. The van der Waals surface area contributed by atoms with Crippen molar-refractivity contribution < 1.29 is 4.79 Å². The molecule has 9 heteroatoms. The lowest BCUT2D eigenvalue weighted by atomic mass is 10.2. The molecule has 31 heavy (non-hydrogen) atoms. The van der Waals surface area contributed by atoms with Crippen LogP contribution in [0, 0.1) is 0 Å². The summed E-state index contributed by atoms with van der Waals surface area (Å²) in [5.74, 6) is 0. The summed E-state index contributed by atoms with van der Waals surface area (Å²) in [6.07, 6.45) is 5.45. The molecule has 0 bridgehead atoms. The van der Waals surface area contributed by atoms with Crippen LogP contribution in [0.2, 0.25) is 10.0 Å². The Morgan fingerprint density at radius 2 is 1.90 bits per heavy atom. The highest BCUT2D eigenvalue weighted by molar-refractivity contribution is 6.43. The second kappa shape index (κ2) is 9.77. The molecule has 0 spiro atoms. The molecular formula is C22H26Cl2N6O. The predicted molar refractivity (Wildman–Crippen MR) is 126 cm³/mol. The van der Waals surface area contributed by atoms with Crippen molar-refractivity contribution in [3.05, 3.63) is 58.8 Å². The number of piperazine rings is 1. The number of fused-ring (bicyclic) bond motifs is 1. The van der Waals surface area contributed by atoms with Crippen molar-refractivity contribution >= 4 is 46.1 Å². The number of unbranched alkanes of at least 4 members (excludes halogenated alkanes) is 1. The molecule has 0 radical (unpaired) electrons. The molecule has 3 heterocycles. The maximum absolute atomic E-state index is 12.0. The van der Waals surface area contributed by atoms with E-state index in [0.29, 0.717) is 16.6 Å². The number of hydrogen-bond donors (Lipinski definition) is 1. The average Bonchev–Trinajstić information content (AvgIpc) is 3.24. The van der Waals surface area contributed by atoms with Gasteiger partial charge >= 0.3 is 6.03 Å². The molecule has 0 aliphatic carbocycles. The molecule has 1 aliphatic rings. The first kappa shape index (κ1) is 21.7. The van der Waals surface area contributed by atoms with E-state index in [1.54, 1.807) is 15.6 Å². The van der Waals surface area contributed by atoms with E-state index in [2.05, 4.69) is 14.9 Å². The van der Waals surface area contributed by atoms with Crippen molar-refractivity contribution in [3.63, 3.8) is 0 Å². The summed E-state index contributed by atoms with van der Waals surface area (Å²) in [5, 5.41) is 5.40. The van der Waals surface area contributed by atoms with Crippen molar-refractivity contribution in [2.75, 3.05) is 49.1 Å². The minimum atomic E-state index is -0.434. The van der Waals surface area contributed by atoms with Gasteiger partial charge in [-0.05, 0) is 49.7 Å². The molecular weight excluding hydrogens is 435 g/mol. The Balaban J connectivity index is 1.25.